The fourth-order valence-electron chi connectivity index (χ4n) is 2.48. The lowest BCUT2D eigenvalue weighted by Crippen LogP contribution is -2.36. The lowest BCUT2D eigenvalue weighted by Gasteiger charge is -2.15. The molecule has 2 aromatic carbocycles. The van der Waals surface area contributed by atoms with Gasteiger partial charge in [0.15, 0.2) is 0 Å². The van der Waals surface area contributed by atoms with Gasteiger partial charge in [0.1, 0.15) is 5.75 Å². The van der Waals surface area contributed by atoms with Crippen LogP contribution in [-0.4, -0.2) is 24.0 Å². The van der Waals surface area contributed by atoms with Gasteiger partial charge in [0.2, 0.25) is 5.96 Å². The second-order valence-electron chi connectivity index (χ2n) is 5.95. The first-order valence-electron chi connectivity index (χ1n) is 8.66. The van der Waals surface area contributed by atoms with E-state index in [1.54, 1.807) is 62.0 Å². The van der Waals surface area contributed by atoms with E-state index in [1.807, 2.05) is 12.1 Å². The zero-order valence-corrected chi connectivity index (χ0v) is 17.0. The highest BCUT2D eigenvalue weighted by Crippen LogP contribution is 2.27. The molecule has 0 aliphatic heterocycles. The number of ether oxygens (including phenoxy) is 1. The lowest BCUT2D eigenvalue weighted by atomic mass is 10.2. The molecule has 1 amide bonds. The molecule has 0 radical (unpaired) electrons. The van der Waals surface area contributed by atoms with Crippen molar-refractivity contribution in [2.45, 2.75) is 6.54 Å². The maximum absolute atomic E-state index is 12.7. The van der Waals surface area contributed by atoms with E-state index >= 15 is 0 Å². The van der Waals surface area contributed by atoms with Crippen molar-refractivity contribution < 1.29 is 9.53 Å². The van der Waals surface area contributed by atoms with Gasteiger partial charge in [-0.2, -0.15) is 0 Å². The maximum Gasteiger partial charge on any atom is 0.258 e. The number of halogens is 2. The van der Waals surface area contributed by atoms with Crippen molar-refractivity contribution in [1.82, 2.24) is 10.3 Å². The van der Waals surface area contributed by atoms with Gasteiger partial charge in [0, 0.05) is 28.0 Å². The van der Waals surface area contributed by atoms with Gasteiger partial charge in [0.05, 0.1) is 19.3 Å². The van der Waals surface area contributed by atoms with Crippen molar-refractivity contribution in [2.75, 3.05) is 12.4 Å². The summed E-state index contributed by atoms with van der Waals surface area (Å²) in [6, 6.07) is 15.5. The SMILES string of the molecule is COc1ccc(Cl)cc1NC(=NCc1ccncc1)NC(=O)c1cccc(Cl)c1. The number of nitrogens with zero attached hydrogens (tertiary/aromatic N) is 2. The Morgan fingerprint density at radius 1 is 1.07 bits per heavy atom. The number of nitrogens with one attached hydrogen (secondary N) is 2. The second kappa shape index (κ2) is 9.91. The third kappa shape index (κ3) is 5.94. The smallest absolute Gasteiger partial charge is 0.258 e. The van der Waals surface area contributed by atoms with Crippen LogP contribution in [-0.2, 0) is 6.54 Å². The van der Waals surface area contributed by atoms with Crippen molar-refractivity contribution in [2.24, 2.45) is 4.99 Å². The molecular weight excluding hydrogens is 411 g/mol. The Morgan fingerprint density at radius 2 is 1.83 bits per heavy atom. The van der Waals surface area contributed by atoms with Gasteiger partial charge in [-0.1, -0.05) is 29.3 Å². The minimum Gasteiger partial charge on any atom is -0.495 e. The quantitative estimate of drug-likeness (QED) is 0.452. The predicted molar refractivity (Wildman–Crippen MR) is 116 cm³/mol. The topological polar surface area (TPSA) is 75.6 Å². The molecule has 1 aromatic heterocycles. The van der Waals surface area contributed by atoms with Gasteiger partial charge in [-0.3, -0.25) is 15.1 Å². The van der Waals surface area contributed by atoms with Crippen LogP contribution in [0.3, 0.4) is 0 Å². The predicted octanol–water partition coefficient (Wildman–Crippen LogP) is 4.80. The third-order valence-electron chi connectivity index (χ3n) is 3.90. The molecule has 29 heavy (non-hydrogen) atoms. The summed E-state index contributed by atoms with van der Waals surface area (Å²) in [4.78, 5) is 21.2. The highest BCUT2D eigenvalue weighted by Gasteiger charge is 2.12. The summed E-state index contributed by atoms with van der Waals surface area (Å²) in [6.07, 6.45) is 3.37. The van der Waals surface area contributed by atoms with E-state index in [-0.39, 0.29) is 11.9 Å². The van der Waals surface area contributed by atoms with E-state index in [0.717, 1.165) is 5.56 Å². The van der Waals surface area contributed by atoms with E-state index < -0.39 is 0 Å². The van der Waals surface area contributed by atoms with Gasteiger partial charge >= 0.3 is 0 Å². The summed E-state index contributed by atoms with van der Waals surface area (Å²) in [5.41, 5.74) is 1.92. The number of hydrogen-bond donors (Lipinski definition) is 2. The highest BCUT2D eigenvalue weighted by atomic mass is 35.5. The molecule has 2 N–H and O–H groups in total. The summed E-state index contributed by atoms with van der Waals surface area (Å²) in [5, 5.41) is 6.85. The standard InChI is InChI=1S/C21H18Cl2N4O2/c1-29-19-6-5-17(23)12-18(19)26-21(25-13-14-7-9-24-10-8-14)27-20(28)15-3-2-4-16(22)11-15/h2-12H,13H2,1H3,(H2,25,26,27,28). The van der Waals surface area contributed by atoms with E-state index in [9.17, 15) is 4.79 Å². The summed E-state index contributed by atoms with van der Waals surface area (Å²) < 4.78 is 5.35. The minimum absolute atomic E-state index is 0.243. The van der Waals surface area contributed by atoms with Crippen LogP contribution in [0.4, 0.5) is 5.69 Å². The number of carbonyl (C=O) groups is 1. The van der Waals surface area contributed by atoms with Gasteiger partial charge in [-0.05, 0) is 54.1 Å². The van der Waals surface area contributed by atoms with Crippen molar-refractivity contribution >= 4 is 40.8 Å². The molecule has 0 fully saturated rings. The molecule has 0 spiro atoms. The Morgan fingerprint density at radius 3 is 2.55 bits per heavy atom. The summed E-state index contributed by atoms with van der Waals surface area (Å²) >= 11 is 12.1. The van der Waals surface area contributed by atoms with Crippen LogP contribution < -0.4 is 15.4 Å². The number of rotatable bonds is 5. The number of aliphatic imine (C=N–C) groups is 1. The van der Waals surface area contributed by atoms with Gasteiger partial charge in [-0.15, -0.1) is 0 Å². The highest BCUT2D eigenvalue weighted by molar-refractivity contribution is 6.31. The van der Waals surface area contributed by atoms with Crippen LogP contribution in [0, 0.1) is 0 Å². The number of aromatic nitrogens is 1. The number of benzene rings is 2. The fraction of sp³-hybridized carbons (Fsp3) is 0.0952. The van der Waals surface area contributed by atoms with E-state index in [4.69, 9.17) is 27.9 Å². The number of hydrogen-bond acceptors (Lipinski definition) is 4. The van der Waals surface area contributed by atoms with Crippen LogP contribution in [0.15, 0.2) is 72.0 Å². The van der Waals surface area contributed by atoms with E-state index in [2.05, 4.69) is 20.6 Å². The second-order valence-corrected chi connectivity index (χ2v) is 6.83. The molecule has 3 rings (SSSR count). The molecule has 148 valence electrons. The first-order valence-corrected chi connectivity index (χ1v) is 9.41. The number of anilines is 1. The van der Waals surface area contributed by atoms with E-state index in [1.165, 1.54) is 0 Å². The Balaban J connectivity index is 1.87. The van der Waals surface area contributed by atoms with Crippen molar-refractivity contribution in [1.29, 1.82) is 0 Å². The van der Waals surface area contributed by atoms with Gasteiger partial charge < -0.3 is 10.1 Å². The van der Waals surface area contributed by atoms with Crippen molar-refractivity contribution in [3.63, 3.8) is 0 Å². The molecule has 6 nitrogen and oxygen atoms in total. The van der Waals surface area contributed by atoms with Crippen LogP contribution in [0.1, 0.15) is 15.9 Å². The lowest BCUT2D eigenvalue weighted by molar-refractivity contribution is 0.0977. The van der Waals surface area contributed by atoms with Crippen LogP contribution in [0.2, 0.25) is 10.0 Å². The molecule has 0 aliphatic carbocycles. The molecule has 8 heteroatoms. The van der Waals surface area contributed by atoms with Crippen molar-refractivity contribution in [3.05, 3.63) is 88.2 Å². The number of amides is 1. The van der Waals surface area contributed by atoms with Crippen LogP contribution >= 0.6 is 23.2 Å². The number of guanidine groups is 1. The molecule has 1 heterocycles. The normalized spacial score (nSPS) is 11.1. The summed E-state index contributed by atoms with van der Waals surface area (Å²) in [5.74, 6) is 0.449. The largest absolute Gasteiger partial charge is 0.495 e. The first-order chi connectivity index (χ1) is 14.0. The molecule has 0 atom stereocenters. The van der Waals surface area contributed by atoms with E-state index in [0.29, 0.717) is 33.6 Å². The fourth-order valence-corrected chi connectivity index (χ4v) is 2.85. The molecule has 0 bridgehead atoms. The number of carbonyl (C=O) groups excluding carboxylic acids is 1. The molecule has 0 unspecified atom stereocenters. The monoisotopic (exact) mass is 428 g/mol. The average molecular weight is 429 g/mol. The number of pyridine rings is 1. The zero-order chi connectivity index (χ0) is 20.6. The number of methoxy groups -OCH3 is 1. The Kier molecular flexibility index (Phi) is 7.05. The molecule has 0 saturated heterocycles. The van der Waals surface area contributed by atoms with Gasteiger partial charge in [-0.25, -0.2) is 4.99 Å². The van der Waals surface area contributed by atoms with Gasteiger partial charge in [0.25, 0.3) is 5.91 Å². The van der Waals surface area contributed by atoms with Crippen LogP contribution in [0.25, 0.3) is 0 Å². The Labute approximate surface area is 178 Å². The summed E-state index contributed by atoms with van der Waals surface area (Å²) in [6.45, 7) is 0.337. The molecule has 0 saturated carbocycles. The van der Waals surface area contributed by atoms with Crippen LogP contribution in [0.5, 0.6) is 5.75 Å². The molecule has 0 aliphatic rings. The Bertz CT molecular complexity index is 1030. The third-order valence-corrected chi connectivity index (χ3v) is 4.37. The zero-order valence-electron chi connectivity index (χ0n) is 15.5. The molecular formula is C21H18Cl2N4O2. The maximum atomic E-state index is 12.7. The minimum atomic E-state index is -0.352. The Hall–Kier alpha value is -3.09. The van der Waals surface area contributed by atoms with Crippen molar-refractivity contribution in [3.8, 4) is 5.75 Å². The first kappa shape index (κ1) is 20.6. The summed E-state index contributed by atoms with van der Waals surface area (Å²) in [7, 11) is 1.55. The molecule has 3 aromatic rings. The average Bonchev–Trinajstić information content (AvgIpc) is 2.73.